The van der Waals surface area contributed by atoms with E-state index in [2.05, 4.69) is 0 Å². The molecule has 0 saturated carbocycles. The van der Waals surface area contributed by atoms with Gasteiger partial charge in [-0.05, 0) is 0 Å². The van der Waals surface area contributed by atoms with Gasteiger partial charge in [0, 0.05) is 0 Å². The van der Waals surface area contributed by atoms with Gasteiger partial charge in [-0.1, -0.05) is 0 Å². The van der Waals surface area contributed by atoms with E-state index in [9.17, 15) is 62.9 Å². The second kappa shape index (κ2) is 7.84. The predicted molar refractivity (Wildman–Crippen MR) is 31.8 cm³/mol. The molecular weight excluding hydrogens is 438 g/mol. The van der Waals surface area contributed by atoms with Crippen LogP contribution in [0.15, 0.2) is 0 Å². The van der Waals surface area contributed by atoms with Crippen LogP contribution in [0.25, 0.3) is 0 Å². The van der Waals surface area contributed by atoms with Gasteiger partial charge < -0.3 is 10.2 Å². The van der Waals surface area contributed by atoms with Crippen molar-refractivity contribution in [2.45, 2.75) is 36.9 Å². The van der Waals surface area contributed by atoms with Crippen molar-refractivity contribution in [3.63, 3.8) is 0 Å². The molecule has 21 heavy (non-hydrogen) atoms. The fourth-order valence-electron chi connectivity index (χ4n) is 0.371. The predicted octanol–water partition coefficient (Wildman–Crippen LogP) is 1.68. The molecule has 0 saturated heterocycles. The first-order valence-corrected chi connectivity index (χ1v) is 3.89. The molecule has 0 aliphatic heterocycles. The van der Waals surface area contributed by atoms with E-state index in [1.807, 2.05) is 0 Å². The van der Waals surface area contributed by atoms with E-state index in [1.54, 1.807) is 0 Å². The van der Waals surface area contributed by atoms with Gasteiger partial charge in [0.25, 0.3) is 0 Å². The molecule has 0 aliphatic rings. The van der Waals surface area contributed by atoms with E-state index in [-0.39, 0.29) is 20.4 Å². The molecule has 0 heterocycles. The molecule has 0 bridgehead atoms. The van der Waals surface area contributed by atoms with Crippen molar-refractivity contribution in [3.05, 3.63) is 0 Å². The van der Waals surface area contributed by atoms with Crippen LogP contribution in [-0.4, -0.2) is 36.9 Å². The molecule has 0 amide bonds. The average Bonchev–Trinajstić information content (AvgIpc) is 2.10. The van der Waals surface area contributed by atoms with Crippen molar-refractivity contribution in [3.8, 4) is 0 Å². The molecule has 0 aromatic carbocycles. The van der Waals surface area contributed by atoms with Gasteiger partial charge in [0.15, 0.2) is 0 Å². The van der Waals surface area contributed by atoms with Gasteiger partial charge in [0.05, 0.1) is 12.2 Å². The molecule has 0 spiro atoms. The van der Waals surface area contributed by atoms with Crippen LogP contribution in [0.2, 0.25) is 0 Å². The zero-order chi connectivity index (χ0) is 17.2. The van der Waals surface area contributed by atoms with Crippen molar-refractivity contribution in [2.24, 2.45) is 0 Å². The van der Waals surface area contributed by atoms with E-state index < -0.39 is 36.9 Å². The largest absolute Gasteiger partial charge is 2.00 e. The van der Waals surface area contributed by atoms with Crippen LogP contribution < -0.4 is 10.2 Å². The van der Waals surface area contributed by atoms with Crippen molar-refractivity contribution in [1.82, 2.24) is 0 Å². The molecule has 0 unspecified atom stereocenters. The summed E-state index contributed by atoms with van der Waals surface area (Å²) < 4.78 is 131. The van der Waals surface area contributed by atoms with Crippen molar-refractivity contribution in [1.29, 1.82) is 0 Å². The standard InChI is InChI=1S/2C3HF6O.Pd/c2*4-2(5,6)1(10)3(7,8)9;/h2*1H;/q2*-1;+2. The van der Waals surface area contributed by atoms with Gasteiger partial charge in [0.2, 0.25) is 0 Å². The summed E-state index contributed by atoms with van der Waals surface area (Å²) in [7, 11) is 0. The number of hydrogen-bond acceptors (Lipinski definition) is 2. The summed E-state index contributed by atoms with van der Waals surface area (Å²) in [4.78, 5) is 0. The van der Waals surface area contributed by atoms with E-state index in [0.717, 1.165) is 0 Å². The van der Waals surface area contributed by atoms with Gasteiger partial charge >= 0.3 is 45.1 Å². The number of rotatable bonds is 0. The molecule has 0 N–H and O–H groups in total. The molecule has 132 valence electrons. The molecule has 0 aliphatic carbocycles. The van der Waals surface area contributed by atoms with Crippen molar-refractivity contribution >= 4 is 0 Å². The SMILES string of the molecule is [O-]C(C(F)(F)F)C(F)(F)F.[O-]C(C(F)(F)F)C(F)(F)F.[Pd+2]. The maximum absolute atomic E-state index is 10.9. The molecule has 0 atom stereocenters. The summed E-state index contributed by atoms with van der Waals surface area (Å²) >= 11 is 0. The average molecular weight is 440 g/mol. The summed E-state index contributed by atoms with van der Waals surface area (Å²) in [6.45, 7) is 0. The van der Waals surface area contributed by atoms with Crippen molar-refractivity contribution in [2.75, 3.05) is 0 Å². The Morgan fingerprint density at radius 1 is 0.429 bits per heavy atom. The first-order chi connectivity index (χ1) is 8.31. The van der Waals surface area contributed by atoms with Crippen LogP contribution in [0.4, 0.5) is 52.7 Å². The number of alkyl halides is 12. The Labute approximate surface area is 121 Å². The topological polar surface area (TPSA) is 46.1 Å². The summed E-state index contributed by atoms with van der Waals surface area (Å²) in [5.41, 5.74) is 0. The van der Waals surface area contributed by atoms with Gasteiger partial charge in [0.1, 0.15) is 0 Å². The van der Waals surface area contributed by atoms with Gasteiger partial charge in [-0.15, -0.1) is 0 Å². The minimum Gasteiger partial charge on any atom is -0.839 e. The van der Waals surface area contributed by atoms with Crippen LogP contribution in [-0.2, 0) is 20.4 Å². The Morgan fingerprint density at radius 2 is 0.524 bits per heavy atom. The van der Waals surface area contributed by atoms with E-state index in [1.165, 1.54) is 0 Å². The van der Waals surface area contributed by atoms with E-state index in [4.69, 9.17) is 0 Å². The molecule has 0 aromatic rings. The Kier molecular flexibility index (Phi) is 9.59. The first-order valence-electron chi connectivity index (χ1n) is 3.89. The minimum atomic E-state index is -5.74. The normalized spacial score (nSPS) is 13.7. The molecule has 0 fully saturated rings. The summed E-state index contributed by atoms with van der Waals surface area (Å²) in [6.07, 6.45) is -31.9. The molecular formula is C6H2F12O2Pd. The maximum atomic E-state index is 10.9. The molecule has 0 aromatic heterocycles. The van der Waals surface area contributed by atoms with Crippen LogP contribution >= 0.6 is 0 Å². The summed E-state index contributed by atoms with van der Waals surface area (Å²) in [6, 6.07) is 0. The smallest absolute Gasteiger partial charge is 0.839 e. The monoisotopic (exact) mass is 440 g/mol. The summed E-state index contributed by atoms with van der Waals surface area (Å²) in [5, 5.41) is 18.6. The fraction of sp³-hybridized carbons (Fsp3) is 1.00. The third-order valence-electron chi connectivity index (χ3n) is 1.19. The van der Waals surface area contributed by atoms with E-state index in [0.29, 0.717) is 0 Å². The Morgan fingerprint density at radius 3 is 0.524 bits per heavy atom. The van der Waals surface area contributed by atoms with E-state index >= 15 is 0 Å². The number of halogens is 12. The fourth-order valence-corrected chi connectivity index (χ4v) is 0.371. The molecule has 0 radical (unpaired) electrons. The number of hydrogen-bond donors (Lipinski definition) is 0. The third-order valence-corrected chi connectivity index (χ3v) is 1.19. The van der Waals surface area contributed by atoms with Gasteiger partial charge in [-0.25, -0.2) is 0 Å². The van der Waals surface area contributed by atoms with Gasteiger partial charge in [-0.3, -0.25) is 0 Å². The zero-order valence-electron chi connectivity index (χ0n) is 8.82. The van der Waals surface area contributed by atoms with Crippen LogP contribution in [0.3, 0.4) is 0 Å². The Bertz CT molecular complexity index is 230. The maximum Gasteiger partial charge on any atom is 2.00 e. The minimum absolute atomic E-state index is 0. The molecule has 0 rings (SSSR count). The molecule has 2 nitrogen and oxygen atoms in total. The second-order valence-corrected chi connectivity index (χ2v) is 2.93. The van der Waals surface area contributed by atoms with Crippen LogP contribution in [0.1, 0.15) is 0 Å². The third kappa shape index (κ3) is 11.0. The summed E-state index contributed by atoms with van der Waals surface area (Å²) in [5.74, 6) is 0. The molecule has 15 heteroatoms. The quantitative estimate of drug-likeness (QED) is 0.425. The second-order valence-electron chi connectivity index (χ2n) is 2.93. The van der Waals surface area contributed by atoms with Crippen molar-refractivity contribution < 1.29 is 83.3 Å². The van der Waals surface area contributed by atoms with Crippen LogP contribution in [0.5, 0.6) is 0 Å². The Balaban J connectivity index is -0.000000295. The zero-order valence-corrected chi connectivity index (χ0v) is 10.4. The Hall–Kier alpha value is -0.258. The van der Waals surface area contributed by atoms with Gasteiger partial charge in [-0.2, -0.15) is 52.7 Å². The first kappa shape index (κ1) is 25.7. The van der Waals surface area contributed by atoms with Crippen LogP contribution in [0, 0.1) is 0 Å².